The molecule has 2 aromatic rings. The highest BCUT2D eigenvalue weighted by Gasteiger charge is 2.14. The van der Waals surface area contributed by atoms with Gasteiger partial charge in [-0.3, -0.25) is 4.72 Å². The number of anilines is 1. The number of rotatable bonds is 5. The quantitative estimate of drug-likeness (QED) is 0.771. The van der Waals surface area contributed by atoms with Crippen LogP contribution >= 0.6 is 28.1 Å². The van der Waals surface area contributed by atoms with Crippen molar-refractivity contribution >= 4 is 49.0 Å². The van der Waals surface area contributed by atoms with Gasteiger partial charge in [-0.05, 0) is 33.6 Å². The molecule has 0 aliphatic heterocycles. The van der Waals surface area contributed by atoms with Crippen LogP contribution < -0.4 is 10.5 Å². The number of thiocarbonyl (C=S) groups is 1. The average Bonchev–Trinajstić information content (AvgIpc) is 2.41. The minimum absolute atomic E-state index is 0.159. The highest BCUT2D eigenvalue weighted by molar-refractivity contribution is 9.10. The molecule has 21 heavy (non-hydrogen) atoms. The van der Waals surface area contributed by atoms with Gasteiger partial charge in [-0.2, -0.15) is 0 Å². The fourth-order valence-electron chi connectivity index (χ4n) is 1.63. The molecule has 0 aliphatic rings. The predicted octanol–water partition coefficient (Wildman–Crippen LogP) is 2.42. The molecule has 0 saturated heterocycles. The maximum absolute atomic E-state index is 12.1. The Morgan fingerprint density at radius 3 is 2.52 bits per heavy atom. The highest BCUT2D eigenvalue weighted by atomic mass is 79.9. The molecule has 0 aliphatic carbocycles. The van der Waals surface area contributed by atoms with E-state index in [9.17, 15) is 8.42 Å². The van der Waals surface area contributed by atoms with Gasteiger partial charge in [0.05, 0.1) is 10.2 Å². The van der Waals surface area contributed by atoms with E-state index < -0.39 is 10.0 Å². The number of hydrogen-bond acceptors (Lipinski definition) is 4. The third kappa shape index (κ3) is 4.48. The van der Waals surface area contributed by atoms with Crippen molar-refractivity contribution < 1.29 is 8.42 Å². The number of aromatic nitrogens is 1. The van der Waals surface area contributed by atoms with E-state index in [1.165, 1.54) is 6.20 Å². The number of halogens is 1. The summed E-state index contributed by atoms with van der Waals surface area (Å²) < 4.78 is 27.3. The fraction of sp³-hybridized carbons (Fsp3) is 0.0769. The smallest absolute Gasteiger partial charge is 0.238 e. The zero-order chi connectivity index (χ0) is 15.5. The summed E-state index contributed by atoms with van der Waals surface area (Å²) in [4.78, 5) is 4.25. The zero-order valence-electron chi connectivity index (χ0n) is 10.8. The maximum atomic E-state index is 12.1. The Morgan fingerprint density at radius 2 is 1.95 bits per heavy atom. The highest BCUT2D eigenvalue weighted by Crippen LogP contribution is 2.20. The first-order valence-corrected chi connectivity index (χ1v) is 8.72. The average molecular weight is 386 g/mol. The van der Waals surface area contributed by atoms with Gasteiger partial charge in [0.25, 0.3) is 0 Å². The van der Waals surface area contributed by atoms with Gasteiger partial charge in [0.15, 0.2) is 5.82 Å². The summed E-state index contributed by atoms with van der Waals surface area (Å²) in [6.07, 6.45) is 1.51. The summed E-state index contributed by atoms with van der Waals surface area (Å²) >= 11 is 8.09. The molecule has 1 heterocycles. The molecular formula is C13H12BrN3O2S2. The van der Waals surface area contributed by atoms with Gasteiger partial charge >= 0.3 is 0 Å². The van der Waals surface area contributed by atoms with Crippen molar-refractivity contribution in [2.75, 3.05) is 4.72 Å². The molecule has 1 aromatic heterocycles. The summed E-state index contributed by atoms with van der Waals surface area (Å²) in [6.45, 7) is 0. The van der Waals surface area contributed by atoms with E-state index in [0.29, 0.717) is 15.6 Å². The Bertz CT molecular complexity index is 761. The van der Waals surface area contributed by atoms with Gasteiger partial charge in [-0.25, -0.2) is 13.4 Å². The van der Waals surface area contributed by atoms with Crippen LogP contribution in [0, 0.1) is 0 Å². The number of nitrogens with two attached hydrogens (primary N) is 1. The normalized spacial score (nSPS) is 11.1. The zero-order valence-corrected chi connectivity index (χ0v) is 14.0. The summed E-state index contributed by atoms with van der Waals surface area (Å²) in [7, 11) is -3.55. The number of nitrogens with zero attached hydrogens (tertiary/aromatic N) is 1. The van der Waals surface area contributed by atoms with E-state index in [0.717, 1.165) is 0 Å². The first-order valence-electron chi connectivity index (χ1n) is 5.87. The molecular weight excluding hydrogens is 374 g/mol. The molecule has 0 atom stereocenters. The molecule has 110 valence electrons. The van der Waals surface area contributed by atoms with Gasteiger partial charge in [-0.15, -0.1) is 0 Å². The molecule has 0 spiro atoms. The van der Waals surface area contributed by atoms with Gasteiger partial charge in [0.1, 0.15) is 4.99 Å². The van der Waals surface area contributed by atoms with E-state index in [4.69, 9.17) is 18.0 Å². The van der Waals surface area contributed by atoms with Gasteiger partial charge < -0.3 is 5.73 Å². The van der Waals surface area contributed by atoms with Crippen molar-refractivity contribution in [2.45, 2.75) is 5.75 Å². The Hall–Kier alpha value is -1.51. The van der Waals surface area contributed by atoms with Crippen LogP contribution in [0.2, 0.25) is 0 Å². The van der Waals surface area contributed by atoms with Crippen molar-refractivity contribution in [3.05, 3.63) is 58.2 Å². The topological polar surface area (TPSA) is 85.1 Å². The third-order valence-electron chi connectivity index (χ3n) is 2.61. The molecule has 0 bridgehead atoms. The Balaban J connectivity index is 2.14. The summed E-state index contributed by atoms with van der Waals surface area (Å²) in [5.74, 6) is 0.102. The maximum Gasteiger partial charge on any atom is 0.238 e. The lowest BCUT2D eigenvalue weighted by Crippen LogP contribution is -2.16. The van der Waals surface area contributed by atoms with Crippen LogP contribution in [0.15, 0.2) is 47.1 Å². The monoisotopic (exact) mass is 385 g/mol. The second kappa shape index (κ2) is 6.50. The van der Waals surface area contributed by atoms with Crippen molar-refractivity contribution in [3.63, 3.8) is 0 Å². The van der Waals surface area contributed by atoms with Crippen molar-refractivity contribution in [3.8, 4) is 0 Å². The number of pyridine rings is 1. The second-order valence-corrected chi connectivity index (χ2v) is 7.27. The minimum Gasteiger partial charge on any atom is -0.389 e. The van der Waals surface area contributed by atoms with Crippen LogP contribution in [0.25, 0.3) is 0 Å². The second-order valence-electron chi connectivity index (χ2n) is 4.26. The van der Waals surface area contributed by atoms with E-state index in [-0.39, 0.29) is 16.6 Å². The van der Waals surface area contributed by atoms with Crippen LogP contribution in [0.5, 0.6) is 0 Å². The van der Waals surface area contributed by atoms with E-state index in [2.05, 4.69) is 25.6 Å². The largest absolute Gasteiger partial charge is 0.389 e. The van der Waals surface area contributed by atoms with Crippen LogP contribution in [0.1, 0.15) is 11.1 Å². The molecule has 0 amide bonds. The number of sulfonamides is 1. The molecule has 8 heteroatoms. The summed E-state index contributed by atoms with van der Waals surface area (Å²) in [5, 5.41) is 0. The molecule has 3 N–H and O–H groups in total. The van der Waals surface area contributed by atoms with Crippen molar-refractivity contribution in [1.82, 2.24) is 4.98 Å². The van der Waals surface area contributed by atoms with Crippen LogP contribution in [0.4, 0.5) is 5.82 Å². The SMILES string of the molecule is NC(=S)c1ccc(CS(=O)(=O)Nc2ncccc2Br)cc1. The molecule has 0 fully saturated rings. The molecule has 1 aromatic carbocycles. The third-order valence-corrected chi connectivity index (χ3v) is 4.70. The first-order chi connectivity index (χ1) is 9.87. The lowest BCUT2D eigenvalue weighted by atomic mass is 10.1. The summed E-state index contributed by atoms with van der Waals surface area (Å²) in [5.41, 5.74) is 6.83. The standard InChI is InChI=1S/C13H12BrN3O2S2/c14-11-2-1-7-16-13(11)17-21(18,19)8-9-3-5-10(6-4-9)12(15)20/h1-7H,8H2,(H2,15,20)(H,16,17). The lowest BCUT2D eigenvalue weighted by Gasteiger charge is -2.09. The first kappa shape index (κ1) is 15.9. The molecule has 0 unspecified atom stereocenters. The van der Waals surface area contributed by atoms with Crippen LogP contribution in [-0.2, 0) is 15.8 Å². The Labute approximate surface area is 136 Å². The van der Waals surface area contributed by atoms with Crippen LogP contribution in [0.3, 0.4) is 0 Å². The number of hydrogen-bond donors (Lipinski definition) is 2. The van der Waals surface area contributed by atoms with Crippen molar-refractivity contribution in [1.29, 1.82) is 0 Å². The molecule has 0 saturated carbocycles. The van der Waals surface area contributed by atoms with E-state index in [1.807, 2.05) is 0 Å². The van der Waals surface area contributed by atoms with Crippen molar-refractivity contribution in [2.24, 2.45) is 5.73 Å². The number of benzene rings is 1. The number of nitrogens with one attached hydrogen (secondary N) is 1. The van der Waals surface area contributed by atoms with Crippen LogP contribution in [-0.4, -0.2) is 18.4 Å². The Kier molecular flexibility index (Phi) is 4.92. The van der Waals surface area contributed by atoms with Gasteiger partial charge in [0, 0.05) is 11.8 Å². The molecule has 2 rings (SSSR count). The lowest BCUT2D eigenvalue weighted by molar-refractivity contribution is 0.600. The summed E-state index contributed by atoms with van der Waals surface area (Å²) in [6, 6.07) is 10.2. The fourth-order valence-corrected chi connectivity index (χ4v) is 3.41. The molecule has 0 radical (unpaired) electrons. The van der Waals surface area contributed by atoms with E-state index >= 15 is 0 Å². The minimum atomic E-state index is -3.55. The van der Waals surface area contributed by atoms with Gasteiger partial charge in [0.2, 0.25) is 10.0 Å². The molecule has 5 nitrogen and oxygen atoms in total. The van der Waals surface area contributed by atoms with E-state index in [1.54, 1.807) is 36.4 Å². The predicted molar refractivity (Wildman–Crippen MR) is 90.5 cm³/mol. The van der Waals surface area contributed by atoms with Gasteiger partial charge in [-0.1, -0.05) is 36.5 Å². The Morgan fingerprint density at radius 1 is 1.29 bits per heavy atom.